The van der Waals surface area contributed by atoms with Gasteiger partial charge in [0.1, 0.15) is 18.1 Å². The molecule has 10 heteroatoms. The lowest BCUT2D eigenvalue weighted by Crippen LogP contribution is -2.32. The van der Waals surface area contributed by atoms with E-state index in [4.69, 9.17) is 9.47 Å². The fourth-order valence-electron chi connectivity index (χ4n) is 3.70. The molecule has 1 amide bonds. The molecule has 1 atom stereocenters. The van der Waals surface area contributed by atoms with Gasteiger partial charge in [0.15, 0.2) is 0 Å². The van der Waals surface area contributed by atoms with E-state index in [1.54, 1.807) is 30.3 Å². The largest absolute Gasteiger partial charge is 0.507 e. The molecule has 3 rings (SSSR count). The zero-order valence-electron chi connectivity index (χ0n) is 19.8. The van der Waals surface area contributed by atoms with Gasteiger partial charge in [-0.25, -0.2) is 12.7 Å². The third-order valence-corrected chi connectivity index (χ3v) is 7.38. The lowest BCUT2D eigenvalue weighted by Gasteiger charge is -2.25. The number of Topliss-reactive ketones (excluding diaryl/α,β-unsaturated/α-hetero) is 1. The smallest absolute Gasteiger partial charge is 0.295 e. The first-order valence-electron chi connectivity index (χ1n) is 10.8. The molecule has 0 radical (unpaired) electrons. The number of aliphatic hydroxyl groups excluding tert-OH is 1. The van der Waals surface area contributed by atoms with E-state index in [0.717, 1.165) is 4.31 Å². The van der Waals surface area contributed by atoms with Crippen molar-refractivity contribution >= 4 is 27.5 Å². The number of hydrogen-bond donors (Lipinski definition) is 1. The van der Waals surface area contributed by atoms with Crippen molar-refractivity contribution in [2.45, 2.75) is 10.9 Å². The van der Waals surface area contributed by atoms with Crippen molar-refractivity contribution in [1.82, 2.24) is 9.21 Å². The number of sulfonamides is 1. The molecule has 0 aromatic heterocycles. The number of carbonyl (C=O) groups is 2. The molecule has 1 N–H and O–H groups in total. The van der Waals surface area contributed by atoms with E-state index in [9.17, 15) is 23.1 Å². The molecule has 0 bridgehead atoms. The summed E-state index contributed by atoms with van der Waals surface area (Å²) in [7, 11) is 0.650. The molecular formula is C25H28N2O7S. The van der Waals surface area contributed by atoms with Gasteiger partial charge in [-0.15, -0.1) is 0 Å². The van der Waals surface area contributed by atoms with Crippen LogP contribution in [0, 0.1) is 0 Å². The second-order valence-electron chi connectivity index (χ2n) is 7.97. The Kier molecular flexibility index (Phi) is 8.11. The molecule has 1 fully saturated rings. The second-order valence-corrected chi connectivity index (χ2v) is 10.1. The topological polar surface area (TPSA) is 113 Å². The van der Waals surface area contributed by atoms with Crippen molar-refractivity contribution < 1.29 is 32.6 Å². The summed E-state index contributed by atoms with van der Waals surface area (Å²) in [5.41, 5.74) is 0.720. The molecule has 9 nitrogen and oxygen atoms in total. The molecule has 186 valence electrons. The highest BCUT2D eigenvalue weighted by atomic mass is 32.2. The average molecular weight is 501 g/mol. The van der Waals surface area contributed by atoms with Crippen LogP contribution in [0.2, 0.25) is 0 Å². The molecule has 0 saturated carbocycles. The van der Waals surface area contributed by atoms with Gasteiger partial charge in [-0.1, -0.05) is 24.8 Å². The van der Waals surface area contributed by atoms with E-state index >= 15 is 0 Å². The first kappa shape index (κ1) is 26.1. The fraction of sp³-hybridized carbons (Fsp3) is 0.280. The van der Waals surface area contributed by atoms with Gasteiger partial charge in [0, 0.05) is 33.3 Å². The summed E-state index contributed by atoms with van der Waals surface area (Å²) in [5.74, 6) is -1.40. The van der Waals surface area contributed by atoms with Gasteiger partial charge in [0.25, 0.3) is 11.7 Å². The van der Waals surface area contributed by atoms with Crippen LogP contribution >= 0.6 is 0 Å². The van der Waals surface area contributed by atoms with E-state index in [-0.39, 0.29) is 29.2 Å². The molecule has 0 unspecified atom stereocenters. The Morgan fingerprint density at radius 2 is 1.74 bits per heavy atom. The van der Waals surface area contributed by atoms with Crippen LogP contribution in [0.25, 0.3) is 5.76 Å². The van der Waals surface area contributed by atoms with Crippen LogP contribution in [0.5, 0.6) is 5.75 Å². The number of rotatable bonds is 10. The van der Waals surface area contributed by atoms with Gasteiger partial charge in [-0.3, -0.25) is 9.59 Å². The van der Waals surface area contributed by atoms with Crippen LogP contribution in [-0.4, -0.2) is 75.4 Å². The predicted molar refractivity (Wildman–Crippen MR) is 130 cm³/mol. The Morgan fingerprint density at radius 3 is 2.29 bits per heavy atom. The summed E-state index contributed by atoms with van der Waals surface area (Å²) >= 11 is 0. The van der Waals surface area contributed by atoms with Crippen molar-refractivity contribution in [1.29, 1.82) is 0 Å². The van der Waals surface area contributed by atoms with Crippen molar-refractivity contribution in [2.75, 3.05) is 41.0 Å². The molecule has 1 aliphatic heterocycles. The minimum absolute atomic E-state index is 0.0336. The Labute approximate surface area is 204 Å². The van der Waals surface area contributed by atoms with Gasteiger partial charge < -0.3 is 19.5 Å². The lowest BCUT2D eigenvalue weighted by atomic mass is 9.95. The number of aliphatic hydroxyl groups is 1. The number of amides is 1. The van der Waals surface area contributed by atoms with Crippen LogP contribution in [0.4, 0.5) is 0 Å². The molecule has 35 heavy (non-hydrogen) atoms. The third-order valence-electron chi connectivity index (χ3n) is 5.55. The Balaban J connectivity index is 2.08. The number of carbonyl (C=O) groups excluding carboxylic acids is 2. The summed E-state index contributed by atoms with van der Waals surface area (Å²) in [5, 5.41) is 11.1. The molecule has 0 aliphatic carbocycles. The quantitative estimate of drug-likeness (QED) is 0.231. The van der Waals surface area contributed by atoms with E-state index in [0.29, 0.717) is 17.9 Å². The minimum atomic E-state index is -3.67. The molecule has 1 heterocycles. The number of methoxy groups -OCH3 is 1. The zero-order chi connectivity index (χ0) is 25.8. The van der Waals surface area contributed by atoms with Gasteiger partial charge in [-0.2, -0.15) is 0 Å². The number of nitrogens with zero attached hydrogens (tertiary/aromatic N) is 2. The lowest BCUT2D eigenvalue weighted by molar-refractivity contribution is -0.140. The highest BCUT2D eigenvalue weighted by Crippen LogP contribution is 2.39. The third kappa shape index (κ3) is 5.29. The van der Waals surface area contributed by atoms with Crippen LogP contribution in [0.3, 0.4) is 0 Å². The first-order chi connectivity index (χ1) is 16.6. The Morgan fingerprint density at radius 1 is 1.11 bits per heavy atom. The van der Waals surface area contributed by atoms with E-state index < -0.39 is 33.5 Å². The fourth-order valence-corrected chi connectivity index (χ4v) is 4.60. The van der Waals surface area contributed by atoms with Crippen LogP contribution < -0.4 is 4.74 Å². The average Bonchev–Trinajstić information content (AvgIpc) is 3.10. The van der Waals surface area contributed by atoms with Gasteiger partial charge in [0.2, 0.25) is 10.0 Å². The number of hydrogen-bond acceptors (Lipinski definition) is 7. The number of ketones is 1. The number of benzene rings is 2. The summed E-state index contributed by atoms with van der Waals surface area (Å²) in [6.07, 6.45) is 1.61. The van der Waals surface area contributed by atoms with Gasteiger partial charge >= 0.3 is 0 Å². The maximum atomic E-state index is 13.0. The molecule has 1 saturated heterocycles. The molecule has 2 aromatic rings. The molecule has 2 aromatic carbocycles. The molecule has 0 spiro atoms. The Bertz CT molecular complexity index is 1230. The van der Waals surface area contributed by atoms with Gasteiger partial charge in [-0.05, 0) is 42.0 Å². The molecule has 1 aliphatic rings. The van der Waals surface area contributed by atoms with Gasteiger partial charge in [0.05, 0.1) is 23.1 Å². The van der Waals surface area contributed by atoms with Crippen molar-refractivity contribution in [2.24, 2.45) is 0 Å². The van der Waals surface area contributed by atoms with E-state index in [1.807, 2.05) is 0 Å². The van der Waals surface area contributed by atoms with E-state index in [1.165, 1.54) is 50.4 Å². The SMILES string of the molecule is C=CCOc1ccc([C@H]2/C(=C(\O)c3ccc(S(=O)(=O)N(C)C)cc3)C(=O)C(=O)N2CCOC)cc1. The monoisotopic (exact) mass is 500 g/mol. The zero-order valence-corrected chi connectivity index (χ0v) is 20.6. The number of ether oxygens (including phenoxy) is 2. The van der Waals surface area contributed by atoms with Crippen molar-refractivity contribution in [3.63, 3.8) is 0 Å². The summed E-state index contributed by atoms with van der Waals surface area (Å²) < 4.78 is 36.4. The van der Waals surface area contributed by atoms with Crippen molar-refractivity contribution in [3.05, 3.63) is 77.9 Å². The van der Waals surface area contributed by atoms with Crippen molar-refractivity contribution in [3.8, 4) is 5.75 Å². The van der Waals surface area contributed by atoms with Crippen LogP contribution in [0.15, 0.2) is 71.7 Å². The summed E-state index contributed by atoms with van der Waals surface area (Å²) in [6, 6.07) is 11.5. The van der Waals surface area contributed by atoms with Crippen LogP contribution in [-0.2, 0) is 24.3 Å². The normalized spacial score (nSPS) is 17.7. The maximum absolute atomic E-state index is 13.0. The summed E-state index contributed by atoms with van der Waals surface area (Å²) in [4.78, 5) is 27.3. The summed E-state index contributed by atoms with van der Waals surface area (Å²) in [6.45, 7) is 4.27. The molecular weight excluding hydrogens is 472 g/mol. The minimum Gasteiger partial charge on any atom is -0.507 e. The second kappa shape index (κ2) is 10.9. The maximum Gasteiger partial charge on any atom is 0.295 e. The number of likely N-dealkylation sites (tertiary alicyclic amines) is 1. The van der Waals surface area contributed by atoms with E-state index in [2.05, 4.69) is 6.58 Å². The highest BCUT2D eigenvalue weighted by molar-refractivity contribution is 7.89. The predicted octanol–water partition coefficient (Wildman–Crippen LogP) is 2.57. The Hall–Kier alpha value is -3.47. The highest BCUT2D eigenvalue weighted by Gasteiger charge is 2.45. The van der Waals surface area contributed by atoms with Crippen LogP contribution in [0.1, 0.15) is 17.2 Å². The first-order valence-corrected chi connectivity index (χ1v) is 12.2. The standard InChI is InChI=1S/C25H28N2O7S/c1-5-15-34-19-10-6-17(7-11-19)22-21(24(29)25(30)27(22)14-16-33-4)23(28)18-8-12-20(13-9-18)35(31,32)26(2)3/h5-13,22,28H,1,14-16H2,2-4H3/b23-21+/t22-/m0/s1.